The van der Waals surface area contributed by atoms with Crippen LogP contribution in [-0.4, -0.2) is 42.7 Å². The molecule has 4 aromatic rings. The fraction of sp³-hybridized carbons (Fsp3) is 0.300. The van der Waals surface area contributed by atoms with Crippen LogP contribution in [0, 0.1) is 6.92 Å². The normalized spacial score (nSPS) is 16.6. The van der Waals surface area contributed by atoms with Gasteiger partial charge in [-0.3, -0.25) is 4.79 Å². The Hall–Kier alpha value is -3.00. The molecule has 1 aliphatic heterocycles. The zero-order valence-electron chi connectivity index (χ0n) is 21.4. The van der Waals surface area contributed by atoms with Crippen molar-refractivity contribution >= 4 is 38.0 Å². The van der Waals surface area contributed by atoms with Gasteiger partial charge in [0.15, 0.2) is 0 Å². The molecule has 5 rings (SSSR count). The predicted molar refractivity (Wildman–Crippen MR) is 150 cm³/mol. The smallest absolute Gasteiger partial charge is 0.244 e. The Bertz CT molecular complexity index is 1540. The molecule has 0 spiro atoms. The van der Waals surface area contributed by atoms with Gasteiger partial charge in [0.25, 0.3) is 0 Å². The van der Waals surface area contributed by atoms with E-state index >= 15 is 0 Å². The van der Waals surface area contributed by atoms with Crippen molar-refractivity contribution in [1.29, 1.82) is 0 Å². The molecule has 0 N–H and O–H groups in total. The van der Waals surface area contributed by atoms with Crippen LogP contribution in [0.2, 0.25) is 0 Å². The van der Waals surface area contributed by atoms with E-state index in [1.165, 1.54) is 9.18 Å². The van der Waals surface area contributed by atoms with Crippen molar-refractivity contribution in [2.24, 2.45) is 0 Å². The second kappa shape index (κ2) is 10.4. The number of aryl methyl sites for hydroxylation is 1. The third kappa shape index (κ3) is 4.72. The van der Waals surface area contributed by atoms with E-state index in [4.69, 9.17) is 0 Å². The van der Waals surface area contributed by atoms with Crippen LogP contribution in [-0.2, 0) is 21.2 Å². The number of carbonyl (C=O) groups is 1. The molecule has 0 saturated heterocycles. The van der Waals surface area contributed by atoms with Gasteiger partial charge in [0.05, 0.1) is 17.5 Å². The van der Waals surface area contributed by atoms with Crippen molar-refractivity contribution in [2.75, 3.05) is 13.1 Å². The maximum Gasteiger partial charge on any atom is 0.244 e. The van der Waals surface area contributed by atoms with Crippen LogP contribution in [0.5, 0.6) is 0 Å². The van der Waals surface area contributed by atoms with Gasteiger partial charge in [0, 0.05) is 22.8 Å². The number of nitrogens with zero attached hydrogens (tertiary/aromatic N) is 2. The molecule has 0 fully saturated rings. The molecule has 0 aliphatic carbocycles. The average Bonchev–Trinajstić information content (AvgIpc) is 3.39. The van der Waals surface area contributed by atoms with Gasteiger partial charge in [-0.25, -0.2) is 8.42 Å². The Morgan fingerprint density at radius 3 is 2.54 bits per heavy atom. The summed E-state index contributed by atoms with van der Waals surface area (Å²) < 4.78 is 29.6. The first-order chi connectivity index (χ1) is 17.8. The van der Waals surface area contributed by atoms with Crippen LogP contribution < -0.4 is 0 Å². The molecule has 1 aromatic heterocycles. The molecule has 0 bridgehead atoms. The number of fused-ring (bicyclic) bond motifs is 2. The highest BCUT2D eigenvalue weighted by molar-refractivity contribution is 7.89. The summed E-state index contributed by atoms with van der Waals surface area (Å²) in [7, 11) is -3.92. The van der Waals surface area contributed by atoms with Crippen molar-refractivity contribution in [3.8, 4) is 0 Å². The van der Waals surface area contributed by atoms with Gasteiger partial charge in [0.2, 0.25) is 15.9 Å². The minimum atomic E-state index is -3.92. The van der Waals surface area contributed by atoms with Crippen molar-refractivity contribution in [1.82, 2.24) is 9.21 Å². The fourth-order valence-electron chi connectivity index (χ4n) is 5.27. The highest BCUT2D eigenvalue weighted by atomic mass is 32.2. The molecule has 37 heavy (non-hydrogen) atoms. The molecule has 7 heteroatoms. The topological polar surface area (TPSA) is 57.7 Å². The zero-order chi connectivity index (χ0) is 26.2. The maximum atomic E-state index is 14.1. The Balaban J connectivity index is 1.53. The number of hydrogen-bond acceptors (Lipinski definition) is 4. The van der Waals surface area contributed by atoms with Crippen molar-refractivity contribution in [2.45, 2.75) is 50.6 Å². The van der Waals surface area contributed by atoms with E-state index in [9.17, 15) is 13.2 Å². The highest BCUT2D eigenvalue weighted by Gasteiger charge is 2.37. The second-order valence-corrected chi connectivity index (χ2v) is 12.5. The Kier molecular flexibility index (Phi) is 7.21. The van der Waals surface area contributed by atoms with Gasteiger partial charge in [-0.05, 0) is 66.3 Å². The van der Waals surface area contributed by atoms with Gasteiger partial charge in [-0.2, -0.15) is 4.31 Å². The second-order valence-electron chi connectivity index (χ2n) is 9.68. The van der Waals surface area contributed by atoms with E-state index in [-0.39, 0.29) is 29.4 Å². The summed E-state index contributed by atoms with van der Waals surface area (Å²) in [6.45, 7) is 6.27. The minimum absolute atomic E-state index is 0.172. The first-order valence-corrected chi connectivity index (χ1v) is 15.1. The molecule has 2 heterocycles. The van der Waals surface area contributed by atoms with Crippen molar-refractivity contribution < 1.29 is 13.2 Å². The summed E-state index contributed by atoms with van der Waals surface area (Å²) in [5.41, 5.74) is 3.35. The lowest BCUT2D eigenvalue weighted by atomic mass is 9.90. The standard InChI is InChI=1S/C30H32N2O3S2/c1-4-22(3)32(37(34,35)28-15-9-12-23-11-6-8-14-25(23)28)20-29(33)31-18-16-27-26(17-19-36-27)30(31)24-13-7-5-10-21(24)2/h5-15,17,19,22,30H,4,16,18,20H2,1-3H3. The van der Waals surface area contributed by atoms with Crippen LogP contribution in [0.25, 0.3) is 10.8 Å². The number of rotatable bonds is 7. The summed E-state index contributed by atoms with van der Waals surface area (Å²) in [4.78, 5) is 17.4. The van der Waals surface area contributed by atoms with E-state index in [1.807, 2.05) is 61.2 Å². The lowest BCUT2D eigenvalue weighted by molar-refractivity contribution is -0.133. The van der Waals surface area contributed by atoms with E-state index in [2.05, 4.69) is 30.5 Å². The molecule has 1 aliphatic rings. The van der Waals surface area contributed by atoms with Crippen molar-refractivity contribution in [3.05, 3.63) is 99.7 Å². The lowest BCUT2D eigenvalue weighted by Gasteiger charge is -2.38. The van der Waals surface area contributed by atoms with Crippen LogP contribution >= 0.6 is 11.3 Å². The number of hydrogen-bond donors (Lipinski definition) is 0. The van der Waals surface area contributed by atoms with Gasteiger partial charge < -0.3 is 4.90 Å². The predicted octanol–water partition coefficient (Wildman–Crippen LogP) is 6.17. The quantitative estimate of drug-likeness (QED) is 0.286. The lowest BCUT2D eigenvalue weighted by Crippen LogP contribution is -2.49. The summed E-state index contributed by atoms with van der Waals surface area (Å²) in [5.74, 6) is -0.172. The molecule has 5 nitrogen and oxygen atoms in total. The average molecular weight is 533 g/mol. The summed E-state index contributed by atoms with van der Waals surface area (Å²) in [6.07, 6.45) is 1.38. The minimum Gasteiger partial charge on any atom is -0.330 e. The van der Waals surface area contributed by atoms with Crippen LogP contribution in [0.15, 0.2) is 83.1 Å². The molecule has 3 aromatic carbocycles. The molecule has 2 atom stereocenters. The van der Waals surface area contributed by atoms with Gasteiger partial charge >= 0.3 is 0 Å². The maximum absolute atomic E-state index is 14.1. The molecular weight excluding hydrogens is 500 g/mol. The highest BCUT2D eigenvalue weighted by Crippen LogP contribution is 2.39. The number of amides is 1. The number of thiophene rings is 1. The summed E-state index contributed by atoms with van der Waals surface area (Å²) >= 11 is 1.72. The largest absolute Gasteiger partial charge is 0.330 e. The number of carbonyl (C=O) groups excluding carboxylic acids is 1. The van der Waals surface area contributed by atoms with E-state index < -0.39 is 10.0 Å². The fourth-order valence-corrected chi connectivity index (χ4v) is 8.04. The third-order valence-electron chi connectivity index (χ3n) is 7.48. The molecule has 192 valence electrons. The first kappa shape index (κ1) is 25.6. The molecule has 2 unspecified atom stereocenters. The van der Waals surface area contributed by atoms with Crippen LogP contribution in [0.3, 0.4) is 0 Å². The number of benzene rings is 3. The Labute approximate surface area is 223 Å². The molecular formula is C30H32N2O3S2. The molecule has 1 amide bonds. The molecule has 0 saturated carbocycles. The Morgan fingerprint density at radius 2 is 1.76 bits per heavy atom. The zero-order valence-corrected chi connectivity index (χ0v) is 23.1. The first-order valence-electron chi connectivity index (χ1n) is 12.7. The Morgan fingerprint density at radius 1 is 1.03 bits per heavy atom. The van der Waals surface area contributed by atoms with E-state index in [0.717, 1.165) is 28.5 Å². The van der Waals surface area contributed by atoms with E-state index in [0.29, 0.717) is 18.4 Å². The number of sulfonamides is 1. The van der Waals surface area contributed by atoms with E-state index in [1.54, 1.807) is 23.5 Å². The summed E-state index contributed by atoms with van der Waals surface area (Å²) in [6, 6.07) is 22.5. The van der Waals surface area contributed by atoms with Crippen LogP contribution in [0.1, 0.15) is 47.9 Å². The summed E-state index contributed by atoms with van der Waals surface area (Å²) in [5, 5.41) is 3.62. The third-order valence-corrected chi connectivity index (χ3v) is 10.5. The van der Waals surface area contributed by atoms with Gasteiger partial charge in [-0.1, -0.05) is 67.6 Å². The van der Waals surface area contributed by atoms with Gasteiger partial charge in [-0.15, -0.1) is 11.3 Å². The monoisotopic (exact) mass is 532 g/mol. The van der Waals surface area contributed by atoms with Gasteiger partial charge in [0.1, 0.15) is 0 Å². The molecule has 0 radical (unpaired) electrons. The van der Waals surface area contributed by atoms with Crippen molar-refractivity contribution in [3.63, 3.8) is 0 Å². The van der Waals surface area contributed by atoms with Crippen LogP contribution in [0.4, 0.5) is 0 Å². The SMILES string of the molecule is CCC(C)N(CC(=O)N1CCc2sccc2C1c1ccccc1C)S(=O)(=O)c1cccc2ccccc12.